The van der Waals surface area contributed by atoms with Gasteiger partial charge in [0, 0.05) is 23.1 Å². The first-order valence-electron chi connectivity index (χ1n) is 9.10. The second-order valence-electron chi connectivity index (χ2n) is 6.85. The molecule has 2 aromatic carbocycles. The van der Waals surface area contributed by atoms with Crippen LogP contribution in [-0.2, 0) is 10.4 Å². The smallest absolute Gasteiger partial charge is 0.306 e. The molecule has 0 spiro atoms. The van der Waals surface area contributed by atoms with Gasteiger partial charge in [-0.25, -0.2) is 0 Å². The summed E-state index contributed by atoms with van der Waals surface area (Å²) in [6.07, 6.45) is 0.767. The summed E-state index contributed by atoms with van der Waals surface area (Å²) in [4.78, 5) is 25.0. The summed E-state index contributed by atoms with van der Waals surface area (Å²) in [6, 6.07) is 14.3. The fraction of sp³-hybridized carbons (Fsp3) is 0.333. The number of amides is 1. The van der Waals surface area contributed by atoms with Gasteiger partial charge in [0.15, 0.2) is 0 Å². The lowest BCUT2D eigenvalue weighted by atomic mass is 9.84. The number of carbonyl (C=O) groups excluding carboxylic acids is 1. The summed E-state index contributed by atoms with van der Waals surface area (Å²) < 4.78 is 6.38. The van der Waals surface area contributed by atoms with Crippen LogP contribution in [-0.4, -0.2) is 46.7 Å². The van der Waals surface area contributed by atoms with E-state index in [1.54, 1.807) is 35.2 Å². The van der Waals surface area contributed by atoms with Gasteiger partial charge in [0.05, 0.1) is 18.6 Å². The lowest BCUT2D eigenvalue weighted by Gasteiger charge is -2.38. The van der Waals surface area contributed by atoms with E-state index >= 15 is 0 Å². The third-order valence-electron chi connectivity index (χ3n) is 4.93. The van der Waals surface area contributed by atoms with Crippen molar-refractivity contribution in [3.05, 3.63) is 64.1 Å². The standard InChI is InChI=1S/C21H22BrNO5/c22-17-6-4-15(5-7-17)20(26)23-11-9-21(27,10-12-23)16-2-1-3-18(14-16)28-13-8-19(24)25/h1-7,14,27H,8-13H2,(H,24,25). The molecular weight excluding hydrogens is 426 g/mol. The number of hydrogen-bond acceptors (Lipinski definition) is 4. The van der Waals surface area contributed by atoms with E-state index in [0.717, 1.165) is 10.0 Å². The number of ether oxygens (including phenoxy) is 1. The molecule has 1 heterocycles. The molecule has 0 unspecified atom stereocenters. The quantitative estimate of drug-likeness (QED) is 0.707. The van der Waals surface area contributed by atoms with Crippen LogP contribution < -0.4 is 4.74 Å². The van der Waals surface area contributed by atoms with Crippen LogP contribution in [0.1, 0.15) is 35.2 Å². The van der Waals surface area contributed by atoms with E-state index in [0.29, 0.717) is 37.2 Å². The summed E-state index contributed by atoms with van der Waals surface area (Å²) in [7, 11) is 0. The third-order valence-corrected chi connectivity index (χ3v) is 5.45. The zero-order valence-corrected chi connectivity index (χ0v) is 16.9. The maximum atomic E-state index is 12.6. The van der Waals surface area contributed by atoms with E-state index in [-0.39, 0.29) is 18.9 Å². The minimum absolute atomic E-state index is 0.0414. The summed E-state index contributed by atoms with van der Waals surface area (Å²) in [6.45, 7) is 0.984. The van der Waals surface area contributed by atoms with Crippen molar-refractivity contribution in [3.63, 3.8) is 0 Å². The maximum Gasteiger partial charge on any atom is 0.306 e. The number of carboxylic acid groups (broad SMARTS) is 1. The number of benzene rings is 2. The molecule has 1 aliphatic rings. The molecule has 0 aromatic heterocycles. The largest absolute Gasteiger partial charge is 0.493 e. The molecule has 6 nitrogen and oxygen atoms in total. The minimum atomic E-state index is -1.04. The van der Waals surface area contributed by atoms with Crippen molar-refractivity contribution >= 4 is 27.8 Å². The molecule has 1 aliphatic heterocycles. The van der Waals surface area contributed by atoms with E-state index in [9.17, 15) is 14.7 Å². The van der Waals surface area contributed by atoms with E-state index in [1.807, 2.05) is 18.2 Å². The highest BCUT2D eigenvalue weighted by atomic mass is 79.9. The zero-order chi connectivity index (χ0) is 20.1. The monoisotopic (exact) mass is 447 g/mol. The number of nitrogens with zero attached hydrogens (tertiary/aromatic N) is 1. The summed E-state index contributed by atoms with van der Waals surface area (Å²) >= 11 is 3.36. The fourth-order valence-electron chi connectivity index (χ4n) is 3.27. The molecule has 1 saturated heterocycles. The van der Waals surface area contributed by atoms with Crippen molar-refractivity contribution in [3.8, 4) is 5.75 Å². The van der Waals surface area contributed by atoms with Crippen LogP contribution in [0.3, 0.4) is 0 Å². The number of halogens is 1. The zero-order valence-electron chi connectivity index (χ0n) is 15.3. The average molecular weight is 448 g/mol. The van der Waals surface area contributed by atoms with Gasteiger partial charge >= 0.3 is 5.97 Å². The molecule has 0 bridgehead atoms. The van der Waals surface area contributed by atoms with Gasteiger partial charge in [0.1, 0.15) is 5.75 Å². The predicted molar refractivity (Wildman–Crippen MR) is 107 cm³/mol. The van der Waals surface area contributed by atoms with E-state index in [4.69, 9.17) is 9.84 Å². The number of carboxylic acids is 1. The Kier molecular flexibility index (Phi) is 6.36. The molecule has 2 N–H and O–H groups in total. The van der Waals surface area contributed by atoms with Crippen molar-refractivity contribution in [2.24, 2.45) is 0 Å². The van der Waals surface area contributed by atoms with Crippen LogP contribution in [0.4, 0.5) is 0 Å². The number of likely N-dealkylation sites (tertiary alicyclic amines) is 1. The van der Waals surface area contributed by atoms with Crippen molar-refractivity contribution in [1.82, 2.24) is 4.90 Å². The second-order valence-corrected chi connectivity index (χ2v) is 7.77. The lowest BCUT2D eigenvalue weighted by Crippen LogP contribution is -2.45. The Balaban J connectivity index is 1.63. The molecular formula is C21H22BrNO5. The molecule has 28 heavy (non-hydrogen) atoms. The first-order valence-corrected chi connectivity index (χ1v) is 9.89. The van der Waals surface area contributed by atoms with Crippen LogP contribution in [0, 0.1) is 0 Å². The highest BCUT2D eigenvalue weighted by Gasteiger charge is 2.35. The molecule has 3 rings (SSSR count). The third kappa shape index (κ3) is 4.91. The molecule has 2 aromatic rings. The topological polar surface area (TPSA) is 87.1 Å². The number of hydrogen-bond donors (Lipinski definition) is 2. The highest BCUT2D eigenvalue weighted by Crippen LogP contribution is 2.34. The molecule has 7 heteroatoms. The number of rotatable bonds is 6. The lowest BCUT2D eigenvalue weighted by molar-refractivity contribution is -0.137. The van der Waals surface area contributed by atoms with Gasteiger partial charge < -0.3 is 19.8 Å². The van der Waals surface area contributed by atoms with Crippen LogP contribution in [0.2, 0.25) is 0 Å². The van der Waals surface area contributed by atoms with Crippen LogP contribution in [0.25, 0.3) is 0 Å². The Hall–Kier alpha value is -2.38. The molecule has 0 aliphatic carbocycles. The van der Waals surface area contributed by atoms with Crippen molar-refractivity contribution in [1.29, 1.82) is 0 Å². The van der Waals surface area contributed by atoms with Crippen LogP contribution in [0.15, 0.2) is 53.0 Å². The van der Waals surface area contributed by atoms with E-state index in [2.05, 4.69) is 15.9 Å². The Labute approximate surface area is 171 Å². The second kappa shape index (κ2) is 8.75. The number of aliphatic carboxylic acids is 1. The summed E-state index contributed by atoms with van der Waals surface area (Å²) in [5, 5.41) is 19.8. The Morgan fingerprint density at radius 1 is 1.11 bits per heavy atom. The Morgan fingerprint density at radius 2 is 1.79 bits per heavy atom. The van der Waals surface area contributed by atoms with Crippen LogP contribution in [0.5, 0.6) is 5.75 Å². The molecule has 0 atom stereocenters. The molecule has 0 radical (unpaired) electrons. The molecule has 148 valence electrons. The number of aliphatic hydroxyl groups is 1. The van der Waals surface area contributed by atoms with Gasteiger partial charge in [-0.3, -0.25) is 9.59 Å². The predicted octanol–water partition coefficient (Wildman–Crippen LogP) is 3.43. The highest BCUT2D eigenvalue weighted by molar-refractivity contribution is 9.10. The Morgan fingerprint density at radius 3 is 2.43 bits per heavy atom. The SMILES string of the molecule is O=C(O)CCOc1cccc(C2(O)CCN(C(=O)c3ccc(Br)cc3)CC2)c1. The van der Waals surface area contributed by atoms with Gasteiger partial charge in [-0.1, -0.05) is 28.1 Å². The van der Waals surface area contributed by atoms with Crippen molar-refractivity contribution in [2.45, 2.75) is 24.9 Å². The first-order chi connectivity index (χ1) is 13.4. The van der Waals surface area contributed by atoms with Gasteiger partial charge in [0.2, 0.25) is 0 Å². The average Bonchev–Trinajstić information content (AvgIpc) is 2.69. The number of carbonyl (C=O) groups is 2. The summed E-state index contributed by atoms with van der Waals surface area (Å²) in [5.74, 6) is -0.432. The molecule has 0 saturated carbocycles. The van der Waals surface area contributed by atoms with E-state index in [1.165, 1.54) is 0 Å². The molecule has 1 amide bonds. The van der Waals surface area contributed by atoms with Crippen molar-refractivity contribution in [2.75, 3.05) is 19.7 Å². The molecule has 1 fully saturated rings. The van der Waals surface area contributed by atoms with Gasteiger partial charge in [-0.05, 0) is 54.8 Å². The van der Waals surface area contributed by atoms with E-state index < -0.39 is 11.6 Å². The Bertz CT molecular complexity index is 844. The van der Waals surface area contributed by atoms with Gasteiger partial charge in [-0.2, -0.15) is 0 Å². The van der Waals surface area contributed by atoms with Gasteiger partial charge in [0.25, 0.3) is 5.91 Å². The fourth-order valence-corrected chi connectivity index (χ4v) is 3.54. The normalized spacial score (nSPS) is 15.9. The first kappa shape index (κ1) is 20.4. The van der Waals surface area contributed by atoms with Crippen LogP contribution >= 0.6 is 15.9 Å². The van der Waals surface area contributed by atoms with Crippen molar-refractivity contribution < 1.29 is 24.5 Å². The summed E-state index contributed by atoms with van der Waals surface area (Å²) in [5.41, 5.74) is 0.307. The maximum absolute atomic E-state index is 12.6. The number of piperidine rings is 1. The minimum Gasteiger partial charge on any atom is -0.493 e. The van der Waals surface area contributed by atoms with Gasteiger partial charge in [-0.15, -0.1) is 0 Å².